The highest BCUT2D eigenvalue weighted by Crippen LogP contribution is 2.31. The third-order valence-corrected chi connectivity index (χ3v) is 3.95. The lowest BCUT2D eigenvalue weighted by Crippen LogP contribution is -2.34. The summed E-state index contributed by atoms with van der Waals surface area (Å²) in [4.78, 5) is 22.8. The standard InChI is InChI=1S/C14H25NO4/c1-2-3-10(6-7-16)9-15-13(17)11-4-5-12(8-11)14(18)19/h10-12,16H,2-9H2,1H3,(H,15,17)(H,18,19). The molecule has 0 bridgehead atoms. The second-order valence-electron chi connectivity index (χ2n) is 5.46. The van der Waals surface area contributed by atoms with Gasteiger partial charge in [0.1, 0.15) is 0 Å². The molecule has 5 heteroatoms. The molecule has 1 saturated carbocycles. The van der Waals surface area contributed by atoms with Gasteiger partial charge < -0.3 is 15.5 Å². The van der Waals surface area contributed by atoms with Crippen LogP contribution in [0.5, 0.6) is 0 Å². The minimum atomic E-state index is -0.792. The van der Waals surface area contributed by atoms with Gasteiger partial charge in [-0.05, 0) is 38.0 Å². The fourth-order valence-corrected chi connectivity index (χ4v) is 2.77. The van der Waals surface area contributed by atoms with E-state index in [-0.39, 0.29) is 24.3 Å². The maximum atomic E-state index is 12.0. The molecule has 3 atom stereocenters. The first-order valence-corrected chi connectivity index (χ1v) is 7.19. The number of nitrogens with one attached hydrogen (secondary N) is 1. The predicted molar refractivity (Wildman–Crippen MR) is 71.6 cm³/mol. The summed E-state index contributed by atoms with van der Waals surface area (Å²) >= 11 is 0. The quantitative estimate of drug-likeness (QED) is 0.623. The number of aliphatic hydroxyl groups is 1. The van der Waals surface area contributed by atoms with Gasteiger partial charge in [-0.15, -0.1) is 0 Å². The van der Waals surface area contributed by atoms with E-state index in [1.807, 2.05) is 0 Å². The highest BCUT2D eigenvalue weighted by molar-refractivity contribution is 5.80. The summed E-state index contributed by atoms with van der Waals surface area (Å²) in [5.41, 5.74) is 0. The molecule has 1 aliphatic carbocycles. The van der Waals surface area contributed by atoms with Crippen LogP contribution < -0.4 is 5.32 Å². The largest absolute Gasteiger partial charge is 0.481 e. The first-order chi connectivity index (χ1) is 9.08. The number of carboxylic acids is 1. The van der Waals surface area contributed by atoms with E-state index in [4.69, 9.17) is 10.2 Å². The fraction of sp³-hybridized carbons (Fsp3) is 0.857. The van der Waals surface area contributed by atoms with Crippen LogP contribution in [0.4, 0.5) is 0 Å². The van der Waals surface area contributed by atoms with Gasteiger partial charge >= 0.3 is 5.97 Å². The molecule has 3 N–H and O–H groups in total. The first kappa shape index (κ1) is 16.0. The molecule has 0 radical (unpaired) electrons. The van der Waals surface area contributed by atoms with Crippen LogP contribution in [-0.2, 0) is 9.59 Å². The molecule has 1 fully saturated rings. The summed E-state index contributed by atoms with van der Waals surface area (Å²) in [5, 5.41) is 20.8. The summed E-state index contributed by atoms with van der Waals surface area (Å²) < 4.78 is 0. The lowest BCUT2D eigenvalue weighted by atomic mass is 9.99. The van der Waals surface area contributed by atoms with E-state index in [0.717, 1.165) is 12.8 Å². The number of rotatable bonds is 8. The summed E-state index contributed by atoms with van der Waals surface area (Å²) in [5.74, 6) is -1.02. The van der Waals surface area contributed by atoms with Crippen LogP contribution in [-0.4, -0.2) is 35.2 Å². The summed E-state index contributed by atoms with van der Waals surface area (Å²) in [6, 6.07) is 0. The topological polar surface area (TPSA) is 86.6 Å². The van der Waals surface area contributed by atoms with E-state index in [1.165, 1.54) is 0 Å². The van der Waals surface area contributed by atoms with Gasteiger partial charge in [-0.2, -0.15) is 0 Å². The van der Waals surface area contributed by atoms with Gasteiger partial charge in [-0.25, -0.2) is 0 Å². The van der Waals surface area contributed by atoms with Crippen LogP contribution in [0.25, 0.3) is 0 Å². The molecular weight excluding hydrogens is 246 g/mol. The lowest BCUT2D eigenvalue weighted by Gasteiger charge is -2.17. The summed E-state index contributed by atoms with van der Waals surface area (Å²) in [6.07, 6.45) is 4.45. The van der Waals surface area contributed by atoms with E-state index in [1.54, 1.807) is 0 Å². The molecule has 0 aromatic rings. The predicted octanol–water partition coefficient (Wildman–Crippen LogP) is 1.40. The monoisotopic (exact) mass is 271 g/mol. The maximum Gasteiger partial charge on any atom is 0.306 e. The normalized spacial score (nSPS) is 24.1. The number of aliphatic carboxylic acids is 1. The lowest BCUT2D eigenvalue weighted by molar-refractivity contribution is -0.141. The number of carbonyl (C=O) groups is 2. The Morgan fingerprint density at radius 1 is 1.26 bits per heavy atom. The highest BCUT2D eigenvalue weighted by Gasteiger charge is 2.33. The van der Waals surface area contributed by atoms with Crippen molar-refractivity contribution in [3.05, 3.63) is 0 Å². The van der Waals surface area contributed by atoms with Crippen LogP contribution in [0.1, 0.15) is 45.4 Å². The zero-order valence-electron chi connectivity index (χ0n) is 11.6. The van der Waals surface area contributed by atoms with Crippen molar-refractivity contribution in [2.24, 2.45) is 17.8 Å². The Balaban J connectivity index is 2.32. The smallest absolute Gasteiger partial charge is 0.306 e. The molecule has 0 aromatic carbocycles. The Kier molecular flexibility index (Phi) is 6.84. The Bertz CT molecular complexity index is 300. The first-order valence-electron chi connectivity index (χ1n) is 7.19. The zero-order valence-corrected chi connectivity index (χ0v) is 11.6. The van der Waals surface area contributed by atoms with Gasteiger partial charge in [0.15, 0.2) is 0 Å². The Morgan fingerprint density at radius 3 is 2.47 bits per heavy atom. The van der Waals surface area contributed by atoms with Gasteiger partial charge in [0.25, 0.3) is 0 Å². The Labute approximate surface area is 114 Å². The van der Waals surface area contributed by atoms with Crippen molar-refractivity contribution in [2.45, 2.75) is 45.4 Å². The van der Waals surface area contributed by atoms with Crippen molar-refractivity contribution in [3.63, 3.8) is 0 Å². The minimum Gasteiger partial charge on any atom is -0.481 e. The van der Waals surface area contributed by atoms with Gasteiger partial charge in [0.05, 0.1) is 5.92 Å². The second kappa shape index (κ2) is 8.15. The number of hydrogen-bond donors (Lipinski definition) is 3. The van der Waals surface area contributed by atoms with Gasteiger partial charge in [0.2, 0.25) is 5.91 Å². The van der Waals surface area contributed by atoms with Crippen LogP contribution in [0.2, 0.25) is 0 Å². The Hall–Kier alpha value is -1.10. The number of carboxylic acid groups (broad SMARTS) is 1. The molecule has 1 amide bonds. The molecule has 5 nitrogen and oxygen atoms in total. The summed E-state index contributed by atoms with van der Waals surface area (Å²) in [6.45, 7) is 2.81. The average molecular weight is 271 g/mol. The number of carbonyl (C=O) groups excluding carboxylic acids is 1. The minimum absolute atomic E-state index is 0.0252. The SMILES string of the molecule is CCCC(CCO)CNC(=O)C1CCC(C(=O)O)C1. The third kappa shape index (κ3) is 5.19. The molecule has 110 valence electrons. The second-order valence-corrected chi connectivity index (χ2v) is 5.46. The van der Waals surface area contributed by atoms with E-state index >= 15 is 0 Å². The Morgan fingerprint density at radius 2 is 1.95 bits per heavy atom. The molecule has 1 aliphatic rings. The highest BCUT2D eigenvalue weighted by atomic mass is 16.4. The van der Waals surface area contributed by atoms with Gasteiger partial charge in [-0.3, -0.25) is 9.59 Å². The molecular formula is C14H25NO4. The van der Waals surface area contributed by atoms with Crippen LogP contribution in [0.3, 0.4) is 0 Å². The van der Waals surface area contributed by atoms with Crippen LogP contribution in [0.15, 0.2) is 0 Å². The van der Waals surface area contributed by atoms with E-state index in [0.29, 0.717) is 38.1 Å². The van der Waals surface area contributed by atoms with E-state index < -0.39 is 5.97 Å². The number of hydrogen-bond acceptors (Lipinski definition) is 3. The number of aliphatic hydroxyl groups excluding tert-OH is 1. The summed E-state index contributed by atoms with van der Waals surface area (Å²) in [7, 11) is 0. The molecule has 0 aromatic heterocycles. The zero-order chi connectivity index (χ0) is 14.3. The average Bonchev–Trinajstić information content (AvgIpc) is 2.86. The van der Waals surface area contributed by atoms with Crippen molar-refractivity contribution in [2.75, 3.05) is 13.2 Å². The van der Waals surface area contributed by atoms with Crippen molar-refractivity contribution in [1.82, 2.24) is 5.32 Å². The third-order valence-electron chi connectivity index (χ3n) is 3.95. The molecule has 0 aliphatic heterocycles. The van der Waals surface area contributed by atoms with Crippen LogP contribution >= 0.6 is 0 Å². The molecule has 0 spiro atoms. The molecule has 1 rings (SSSR count). The molecule has 3 unspecified atom stereocenters. The maximum absolute atomic E-state index is 12.0. The van der Waals surface area contributed by atoms with Crippen molar-refractivity contribution < 1.29 is 19.8 Å². The van der Waals surface area contributed by atoms with E-state index in [2.05, 4.69) is 12.2 Å². The molecule has 19 heavy (non-hydrogen) atoms. The van der Waals surface area contributed by atoms with Crippen LogP contribution in [0, 0.1) is 17.8 Å². The van der Waals surface area contributed by atoms with E-state index in [9.17, 15) is 9.59 Å². The van der Waals surface area contributed by atoms with Crippen molar-refractivity contribution >= 4 is 11.9 Å². The van der Waals surface area contributed by atoms with Gasteiger partial charge in [-0.1, -0.05) is 13.3 Å². The molecule has 0 saturated heterocycles. The molecule has 0 heterocycles. The van der Waals surface area contributed by atoms with Crippen molar-refractivity contribution in [3.8, 4) is 0 Å². The van der Waals surface area contributed by atoms with Gasteiger partial charge in [0, 0.05) is 19.1 Å². The van der Waals surface area contributed by atoms with Crippen molar-refractivity contribution in [1.29, 1.82) is 0 Å². The number of amides is 1. The fourth-order valence-electron chi connectivity index (χ4n) is 2.77.